The molecule has 0 heterocycles. The van der Waals surface area contributed by atoms with Gasteiger partial charge in [-0.2, -0.15) is 0 Å². The van der Waals surface area contributed by atoms with E-state index in [2.05, 4.69) is 24.3 Å². The molecule has 0 aromatic heterocycles. The van der Waals surface area contributed by atoms with Crippen molar-refractivity contribution in [1.82, 2.24) is 0 Å². The molecule has 1 fully saturated rings. The van der Waals surface area contributed by atoms with Crippen LogP contribution in [0.4, 0.5) is 0 Å². The van der Waals surface area contributed by atoms with Gasteiger partial charge in [-0.1, -0.05) is 24.3 Å². The van der Waals surface area contributed by atoms with E-state index in [1.165, 1.54) is 11.1 Å². The number of hydrogen-bond donors (Lipinski definition) is 2. The normalized spacial score (nSPS) is 19.4. The van der Waals surface area contributed by atoms with Crippen LogP contribution in [0.25, 0.3) is 0 Å². The Morgan fingerprint density at radius 1 is 1.25 bits per heavy atom. The number of aryl methyl sites for hydroxylation is 1. The van der Waals surface area contributed by atoms with Gasteiger partial charge in [0, 0.05) is 5.54 Å². The molecule has 0 amide bonds. The van der Waals surface area contributed by atoms with Crippen LogP contribution in [0.5, 0.6) is 0 Å². The van der Waals surface area contributed by atoms with E-state index in [0.29, 0.717) is 0 Å². The zero-order chi connectivity index (χ0) is 11.6. The van der Waals surface area contributed by atoms with Crippen LogP contribution < -0.4 is 5.73 Å². The highest BCUT2D eigenvalue weighted by molar-refractivity contribution is 5.25. The second-order valence-electron chi connectivity index (χ2n) is 5.24. The topological polar surface area (TPSA) is 46.2 Å². The molecule has 1 aromatic carbocycles. The standard InChI is InChI=1S/C14H21NO/c1-11(16)2-3-12-4-6-13(7-5-12)10-14(15)8-9-14/h4-7,11,16H,2-3,8-10,15H2,1H3. The molecule has 0 spiro atoms. The number of nitrogens with two attached hydrogens (primary N) is 1. The summed E-state index contributed by atoms with van der Waals surface area (Å²) in [6, 6.07) is 8.65. The first kappa shape index (κ1) is 11.6. The Morgan fingerprint density at radius 3 is 2.31 bits per heavy atom. The molecule has 0 aliphatic heterocycles. The maximum absolute atomic E-state index is 9.21. The van der Waals surface area contributed by atoms with Crippen LogP contribution in [-0.4, -0.2) is 16.7 Å². The van der Waals surface area contributed by atoms with Crippen molar-refractivity contribution >= 4 is 0 Å². The first-order valence-electron chi connectivity index (χ1n) is 6.12. The van der Waals surface area contributed by atoms with Gasteiger partial charge in [-0.3, -0.25) is 0 Å². The molecule has 0 radical (unpaired) electrons. The fourth-order valence-electron chi connectivity index (χ4n) is 1.94. The van der Waals surface area contributed by atoms with Crippen molar-refractivity contribution in [1.29, 1.82) is 0 Å². The van der Waals surface area contributed by atoms with E-state index < -0.39 is 0 Å². The molecule has 2 nitrogen and oxygen atoms in total. The Balaban J connectivity index is 1.88. The van der Waals surface area contributed by atoms with Gasteiger partial charge in [0.05, 0.1) is 6.10 Å². The SMILES string of the molecule is CC(O)CCc1ccc(CC2(N)CC2)cc1. The van der Waals surface area contributed by atoms with E-state index in [9.17, 15) is 5.11 Å². The summed E-state index contributed by atoms with van der Waals surface area (Å²) in [5.74, 6) is 0. The van der Waals surface area contributed by atoms with Gasteiger partial charge in [-0.15, -0.1) is 0 Å². The van der Waals surface area contributed by atoms with Gasteiger partial charge in [0.15, 0.2) is 0 Å². The molecule has 2 rings (SSSR count). The largest absolute Gasteiger partial charge is 0.393 e. The van der Waals surface area contributed by atoms with E-state index in [1.54, 1.807) is 0 Å². The highest BCUT2D eigenvalue weighted by atomic mass is 16.3. The Bertz CT molecular complexity index is 338. The van der Waals surface area contributed by atoms with Crippen LogP contribution >= 0.6 is 0 Å². The summed E-state index contributed by atoms with van der Waals surface area (Å²) < 4.78 is 0. The molecule has 1 atom stereocenters. The molecule has 1 aliphatic rings. The summed E-state index contributed by atoms with van der Waals surface area (Å²) in [6.07, 6.45) is 4.90. The minimum Gasteiger partial charge on any atom is -0.393 e. The summed E-state index contributed by atoms with van der Waals surface area (Å²) in [5, 5.41) is 9.21. The fraction of sp³-hybridized carbons (Fsp3) is 0.571. The van der Waals surface area contributed by atoms with Crippen molar-refractivity contribution in [3.8, 4) is 0 Å². The second-order valence-corrected chi connectivity index (χ2v) is 5.24. The maximum atomic E-state index is 9.21. The molecule has 16 heavy (non-hydrogen) atoms. The first-order valence-corrected chi connectivity index (χ1v) is 6.12. The number of aliphatic hydroxyl groups is 1. The molecular formula is C14H21NO. The molecule has 2 heteroatoms. The Labute approximate surface area is 97.5 Å². The summed E-state index contributed by atoms with van der Waals surface area (Å²) in [7, 11) is 0. The summed E-state index contributed by atoms with van der Waals surface area (Å²) in [6.45, 7) is 1.83. The minimum absolute atomic E-state index is 0.0983. The Hall–Kier alpha value is -0.860. The van der Waals surface area contributed by atoms with Gasteiger partial charge < -0.3 is 10.8 Å². The highest BCUT2D eigenvalue weighted by Crippen LogP contribution is 2.35. The molecule has 0 bridgehead atoms. The van der Waals surface area contributed by atoms with E-state index in [4.69, 9.17) is 5.73 Å². The van der Waals surface area contributed by atoms with Crippen LogP contribution in [0.2, 0.25) is 0 Å². The van der Waals surface area contributed by atoms with Crippen molar-refractivity contribution in [2.24, 2.45) is 5.73 Å². The molecular weight excluding hydrogens is 198 g/mol. The van der Waals surface area contributed by atoms with Crippen molar-refractivity contribution in [2.45, 2.75) is 50.7 Å². The van der Waals surface area contributed by atoms with Crippen molar-refractivity contribution < 1.29 is 5.11 Å². The lowest BCUT2D eigenvalue weighted by molar-refractivity contribution is 0.185. The van der Waals surface area contributed by atoms with Gasteiger partial charge in [0.1, 0.15) is 0 Å². The smallest absolute Gasteiger partial charge is 0.0515 e. The highest BCUT2D eigenvalue weighted by Gasteiger charge is 2.37. The third-order valence-corrected chi connectivity index (χ3v) is 3.32. The molecule has 1 aliphatic carbocycles. The third-order valence-electron chi connectivity index (χ3n) is 3.32. The lowest BCUT2D eigenvalue weighted by atomic mass is 10.0. The quantitative estimate of drug-likeness (QED) is 0.796. The summed E-state index contributed by atoms with van der Waals surface area (Å²) >= 11 is 0. The van der Waals surface area contributed by atoms with Crippen LogP contribution in [-0.2, 0) is 12.8 Å². The molecule has 88 valence electrons. The molecule has 0 saturated heterocycles. The van der Waals surface area contributed by atoms with Crippen LogP contribution in [0.1, 0.15) is 37.3 Å². The van der Waals surface area contributed by atoms with Gasteiger partial charge in [0.2, 0.25) is 0 Å². The molecule has 3 N–H and O–H groups in total. The van der Waals surface area contributed by atoms with E-state index in [1.807, 2.05) is 6.92 Å². The lowest BCUT2D eigenvalue weighted by Gasteiger charge is -2.09. The van der Waals surface area contributed by atoms with Crippen molar-refractivity contribution in [2.75, 3.05) is 0 Å². The third kappa shape index (κ3) is 3.32. The van der Waals surface area contributed by atoms with Gasteiger partial charge in [0.25, 0.3) is 0 Å². The zero-order valence-electron chi connectivity index (χ0n) is 9.95. The molecule has 1 saturated carbocycles. The average molecular weight is 219 g/mol. The lowest BCUT2D eigenvalue weighted by Crippen LogP contribution is -2.24. The van der Waals surface area contributed by atoms with Crippen LogP contribution in [0.15, 0.2) is 24.3 Å². The number of rotatable bonds is 5. The predicted octanol–water partition coefficient (Wildman–Crippen LogP) is 2.03. The minimum atomic E-state index is -0.210. The molecule has 1 aromatic rings. The van der Waals surface area contributed by atoms with Crippen LogP contribution in [0.3, 0.4) is 0 Å². The van der Waals surface area contributed by atoms with Crippen LogP contribution in [0, 0.1) is 0 Å². The van der Waals surface area contributed by atoms with E-state index in [0.717, 1.165) is 32.1 Å². The van der Waals surface area contributed by atoms with E-state index in [-0.39, 0.29) is 11.6 Å². The van der Waals surface area contributed by atoms with Gasteiger partial charge in [-0.25, -0.2) is 0 Å². The van der Waals surface area contributed by atoms with Gasteiger partial charge >= 0.3 is 0 Å². The van der Waals surface area contributed by atoms with Crippen molar-refractivity contribution in [3.05, 3.63) is 35.4 Å². The average Bonchev–Trinajstić information content (AvgIpc) is 2.95. The molecule has 1 unspecified atom stereocenters. The maximum Gasteiger partial charge on any atom is 0.0515 e. The predicted molar refractivity (Wildman–Crippen MR) is 66.3 cm³/mol. The van der Waals surface area contributed by atoms with Gasteiger partial charge in [-0.05, 0) is 50.2 Å². The summed E-state index contributed by atoms with van der Waals surface area (Å²) in [5.41, 5.74) is 8.81. The zero-order valence-corrected chi connectivity index (χ0v) is 9.95. The monoisotopic (exact) mass is 219 g/mol. The Kier molecular flexibility index (Phi) is 3.31. The second kappa shape index (κ2) is 4.56. The number of aliphatic hydroxyl groups excluding tert-OH is 1. The van der Waals surface area contributed by atoms with E-state index >= 15 is 0 Å². The summed E-state index contributed by atoms with van der Waals surface area (Å²) in [4.78, 5) is 0. The number of hydrogen-bond acceptors (Lipinski definition) is 2. The Morgan fingerprint density at radius 2 is 1.81 bits per heavy atom. The van der Waals surface area contributed by atoms with Crippen molar-refractivity contribution in [3.63, 3.8) is 0 Å². The first-order chi connectivity index (χ1) is 7.57. The number of benzene rings is 1. The fourth-order valence-corrected chi connectivity index (χ4v) is 1.94.